The first kappa shape index (κ1) is 34.2. The molecule has 2 unspecified atom stereocenters. The highest BCUT2D eigenvalue weighted by molar-refractivity contribution is 6.05. The monoisotopic (exact) mass is 737 g/mol. The van der Waals surface area contributed by atoms with Crippen molar-refractivity contribution in [3.05, 3.63) is 107 Å². The molecule has 4 aliphatic heterocycles. The summed E-state index contributed by atoms with van der Waals surface area (Å²) in [6, 6.07) is 21.1. The third-order valence-electron chi connectivity index (χ3n) is 10.9. The average Bonchev–Trinajstić information content (AvgIpc) is 3.94. The van der Waals surface area contributed by atoms with Crippen molar-refractivity contribution >= 4 is 40.9 Å². The Kier molecular flexibility index (Phi) is 8.69. The Hall–Kier alpha value is -6.62. The predicted octanol–water partition coefficient (Wildman–Crippen LogP) is 3.73. The summed E-state index contributed by atoms with van der Waals surface area (Å²) >= 11 is 0. The fourth-order valence-electron chi connectivity index (χ4n) is 8.03. The van der Waals surface area contributed by atoms with Crippen LogP contribution in [-0.4, -0.2) is 91.8 Å². The number of amides is 4. The Bertz CT molecular complexity index is 2450. The quantitative estimate of drug-likeness (QED) is 0.212. The van der Waals surface area contributed by atoms with Crippen molar-refractivity contribution in [3.8, 4) is 23.2 Å². The number of carbonyl (C=O) groups is 4. The number of anilines is 2. The SMILES string of the molecule is O=C1CCC(N2Cc3cc(C#CC(=O)N4CCN(c5cccc(-c6cnc7ccc(N8CCCC8c8cccc(F)c8)nn67)n5)CC4)ccc3C2=O)C(=O)N1. The van der Waals surface area contributed by atoms with Crippen molar-refractivity contribution in [1.29, 1.82) is 0 Å². The van der Waals surface area contributed by atoms with Crippen LogP contribution in [0, 0.1) is 17.7 Å². The number of nitrogens with zero attached hydrogens (tertiary/aromatic N) is 8. The Morgan fingerprint density at radius 3 is 2.55 bits per heavy atom. The van der Waals surface area contributed by atoms with Crippen molar-refractivity contribution in [3.63, 3.8) is 0 Å². The van der Waals surface area contributed by atoms with E-state index in [9.17, 15) is 23.6 Å². The Morgan fingerprint density at radius 1 is 0.855 bits per heavy atom. The van der Waals surface area contributed by atoms with Gasteiger partial charge in [0, 0.05) is 62.7 Å². The topological polar surface area (TPSA) is 136 Å². The number of piperidine rings is 1. The second-order valence-corrected chi connectivity index (χ2v) is 14.2. The van der Waals surface area contributed by atoms with Gasteiger partial charge in [-0.1, -0.05) is 24.1 Å². The van der Waals surface area contributed by atoms with Gasteiger partial charge in [-0.25, -0.2) is 18.9 Å². The van der Waals surface area contributed by atoms with E-state index >= 15 is 0 Å². The van der Waals surface area contributed by atoms with Gasteiger partial charge >= 0.3 is 0 Å². The Balaban J connectivity index is 0.851. The molecule has 0 spiro atoms. The van der Waals surface area contributed by atoms with E-state index in [1.807, 2.05) is 40.9 Å². The molecule has 14 heteroatoms. The minimum absolute atomic E-state index is 0.0384. The summed E-state index contributed by atoms with van der Waals surface area (Å²) in [6.45, 7) is 3.16. The summed E-state index contributed by atoms with van der Waals surface area (Å²) < 4.78 is 15.9. The number of imide groups is 1. The minimum atomic E-state index is -0.690. The summed E-state index contributed by atoms with van der Waals surface area (Å²) in [5.74, 6) is 5.73. The lowest BCUT2D eigenvalue weighted by molar-refractivity contribution is -0.137. The molecule has 2 aromatic carbocycles. The molecule has 2 atom stereocenters. The molecular formula is C41H36FN9O4. The van der Waals surface area contributed by atoms with E-state index in [0.29, 0.717) is 49.4 Å². The number of aromatic nitrogens is 4. The van der Waals surface area contributed by atoms with E-state index in [0.717, 1.165) is 53.5 Å². The number of imidazole rings is 1. The van der Waals surface area contributed by atoms with Gasteiger partial charge in [0.2, 0.25) is 11.8 Å². The number of fused-ring (bicyclic) bond motifs is 2. The van der Waals surface area contributed by atoms with E-state index in [2.05, 4.69) is 31.9 Å². The number of piperazine rings is 1. The molecule has 55 heavy (non-hydrogen) atoms. The van der Waals surface area contributed by atoms with E-state index in [1.54, 1.807) is 41.4 Å². The Morgan fingerprint density at radius 2 is 1.71 bits per heavy atom. The highest BCUT2D eigenvalue weighted by Crippen LogP contribution is 2.36. The highest BCUT2D eigenvalue weighted by Gasteiger charge is 2.39. The lowest BCUT2D eigenvalue weighted by atomic mass is 10.0. The maximum Gasteiger partial charge on any atom is 0.298 e. The van der Waals surface area contributed by atoms with Crippen LogP contribution in [0.3, 0.4) is 0 Å². The fraction of sp³-hybridized carbons (Fsp3) is 0.293. The number of pyridine rings is 1. The van der Waals surface area contributed by atoms with Crippen LogP contribution in [-0.2, 0) is 20.9 Å². The molecule has 0 aliphatic carbocycles. The first-order valence-electron chi connectivity index (χ1n) is 18.5. The second kappa shape index (κ2) is 14.0. The largest absolute Gasteiger partial charge is 0.353 e. The first-order chi connectivity index (χ1) is 26.8. The molecule has 4 aliphatic rings. The standard InChI is InChI=1S/C41H36FN9O4/c42-29-5-1-4-27(23-29)32-7-3-17-49(32)37-14-13-35-43-24-34(51(35)46-37)31-6-2-8-36(44-31)47-18-20-48(21-19-47)39(53)16-10-26-9-11-30-28(22-26)25-50(41(30)55)33-12-15-38(52)45-40(33)54/h1-2,4-6,8-9,11,13-14,22-24,32-33H,3,7,12,15,17-21,25H2,(H,45,52,54). The van der Waals surface area contributed by atoms with Crippen LogP contribution >= 0.6 is 0 Å². The van der Waals surface area contributed by atoms with Crippen molar-refractivity contribution in [2.24, 2.45) is 0 Å². The molecule has 276 valence electrons. The lowest BCUT2D eigenvalue weighted by Crippen LogP contribution is -2.52. The number of halogens is 1. The predicted molar refractivity (Wildman–Crippen MR) is 200 cm³/mol. The van der Waals surface area contributed by atoms with Gasteiger partial charge in [0.25, 0.3) is 11.8 Å². The first-order valence-corrected chi connectivity index (χ1v) is 18.5. The van der Waals surface area contributed by atoms with Crippen LogP contribution < -0.4 is 15.1 Å². The zero-order valence-electron chi connectivity index (χ0n) is 29.8. The molecule has 13 nitrogen and oxygen atoms in total. The normalized spacial score (nSPS) is 19.8. The molecule has 0 bridgehead atoms. The zero-order valence-corrected chi connectivity index (χ0v) is 29.8. The molecule has 0 radical (unpaired) electrons. The maximum atomic E-state index is 14.1. The summed E-state index contributed by atoms with van der Waals surface area (Å²) in [7, 11) is 0. The molecule has 3 saturated heterocycles. The van der Waals surface area contributed by atoms with Crippen LogP contribution in [0.5, 0.6) is 0 Å². The van der Waals surface area contributed by atoms with E-state index in [1.165, 1.54) is 11.0 Å². The van der Waals surface area contributed by atoms with Gasteiger partial charge in [-0.3, -0.25) is 24.5 Å². The van der Waals surface area contributed by atoms with Crippen molar-refractivity contribution in [2.75, 3.05) is 42.5 Å². The maximum absolute atomic E-state index is 14.1. The molecule has 0 saturated carbocycles. The summed E-state index contributed by atoms with van der Waals surface area (Å²) in [6.07, 6.45) is 4.16. The van der Waals surface area contributed by atoms with Gasteiger partial charge < -0.3 is 19.6 Å². The highest BCUT2D eigenvalue weighted by atomic mass is 19.1. The summed E-state index contributed by atoms with van der Waals surface area (Å²) in [4.78, 5) is 67.3. The van der Waals surface area contributed by atoms with Gasteiger partial charge in [0.1, 0.15) is 29.2 Å². The molecule has 7 heterocycles. The molecule has 5 aromatic rings. The van der Waals surface area contributed by atoms with Crippen molar-refractivity contribution in [2.45, 2.75) is 44.3 Å². The van der Waals surface area contributed by atoms with Crippen LogP contribution in [0.1, 0.15) is 58.8 Å². The van der Waals surface area contributed by atoms with E-state index in [4.69, 9.17) is 10.1 Å². The zero-order chi connectivity index (χ0) is 37.6. The third-order valence-corrected chi connectivity index (χ3v) is 10.9. The molecule has 1 N–H and O–H groups in total. The van der Waals surface area contributed by atoms with Gasteiger partial charge in [0.05, 0.1) is 17.9 Å². The smallest absolute Gasteiger partial charge is 0.298 e. The molecule has 3 aromatic heterocycles. The minimum Gasteiger partial charge on any atom is -0.353 e. The Labute approximate surface area is 315 Å². The number of hydrogen-bond acceptors (Lipinski definition) is 9. The van der Waals surface area contributed by atoms with Gasteiger partial charge in [-0.2, -0.15) is 0 Å². The number of benzene rings is 2. The summed E-state index contributed by atoms with van der Waals surface area (Å²) in [5, 5.41) is 7.30. The summed E-state index contributed by atoms with van der Waals surface area (Å²) in [5.41, 5.74) is 4.94. The van der Waals surface area contributed by atoms with Crippen molar-refractivity contribution < 1.29 is 23.6 Å². The van der Waals surface area contributed by atoms with Gasteiger partial charge in [-0.05, 0) is 85.0 Å². The lowest BCUT2D eigenvalue weighted by Gasteiger charge is -2.34. The number of hydrogen-bond donors (Lipinski definition) is 1. The molecule has 3 fully saturated rings. The number of rotatable bonds is 5. The third kappa shape index (κ3) is 6.51. The molecule has 9 rings (SSSR count). The molecular weight excluding hydrogens is 702 g/mol. The van der Waals surface area contributed by atoms with Crippen molar-refractivity contribution in [1.82, 2.24) is 34.7 Å². The number of nitrogens with one attached hydrogen (secondary N) is 1. The van der Waals surface area contributed by atoms with Crippen LogP contribution in [0.25, 0.3) is 17.0 Å². The van der Waals surface area contributed by atoms with E-state index in [-0.39, 0.29) is 42.5 Å². The second-order valence-electron chi connectivity index (χ2n) is 14.2. The van der Waals surface area contributed by atoms with Gasteiger partial charge in [0.15, 0.2) is 5.65 Å². The van der Waals surface area contributed by atoms with E-state index < -0.39 is 11.9 Å². The number of carbonyl (C=O) groups excluding carboxylic acids is 4. The average molecular weight is 738 g/mol. The van der Waals surface area contributed by atoms with Crippen LogP contribution in [0.4, 0.5) is 16.0 Å². The fourth-order valence-corrected chi connectivity index (χ4v) is 8.03. The van der Waals surface area contributed by atoms with Crippen LogP contribution in [0.2, 0.25) is 0 Å². The molecule has 4 amide bonds. The van der Waals surface area contributed by atoms with Gasteiger partial charge in [-0.15, -0.1) is 5.10 Å². The van der Waals surface area contributed by atoms with Crippen LogP contribution in [0.15, 0.2) is 79.0 Å².